The average Bonchev–Trinajstić information content (AvgIpc) is 2.67. The summed E-state index contributed by atoms with van der Waals surface area (Å²) in [5, 5.41) is 6.99. The average molecular weight is 194 g/mol. The molecule has 1 aromatic rings. The van der Waals surface area contributed by atoms with Crippen LogP contribution < -0.4 is 21.4 Å². The first kappa shape index (κ1) is 8.70. The van der Waals surface area contributed by atoms with Crippen molar-refractivity contribution in [2.45, 2.75) is 6.54 Å². The minimum atomic E-state index is 0.529. The standard InChI is InChI=1S/C7H10N6O/c1-14-7-6-4(2-10-12-6)5(3-9-7)11-13-8/h3,10,12H,2H2,1H3,(H2,8,11). The number of nitrogens with one attached hydrogen (secondary N) is 2. The highest BCUT2D eigenvalue weighted by molar-refractivity contribution is 5.68. The number of methoxy groups -OCH3 is 1. The highest BCUT2D eigenvalue weighted by Gasteiger charge is 2.19. The molecule has 4 N–H and O–H groups in total. The number of nitrogens with two attached hydrogens (primary N) is 1. The predicted octanol–water partition coefficient (Wildman–Crippen LogP) is 0.478. The van der Waals surface area contributed by atoms with Crippen LogP contribution in [0.2, 0.25) is 0 Å². The van der Waals surface area contributed by atoms with Crippen molar-refractivity contribution in [3.05, 3.63) is 11.8 Å². The fourth-order valence-corrected chi connectivity index (χ4v) is 1.35. The van der Waals surface area contributed by atoms with Crippen molar-refractivity contribution in [3.8, 4) is 5.88 Å². The normalized spacial score (nSPS) is 14.1. The van der Waals surface area contributed by atoms with Crippen molar-refractivity contribution in [1.82, 2.24) is 10.4 Å². The van der Waals surface area contributed by atoms with Crippen molar-refractivity contribution in [3.63, 3.8) is 0 Å². The molecule has 0 aliphatic carbocycles. The molecule has 2 rings (SSSR count). The molecule has 1 aromatic heterocycles. The van der Waals surface area contributed by atoms with E-state index in [1.54, 1.807) is 13.3 Å². The number of rotatable bonds is 2. The van der Waals surface area contributed by atoms with Crippen LogP contribution in [0.4, 0.5) is 11.4 Å². The summed E-state index contributed by atoms with van der Waals surface area (Å²) in [7, 11) is 1.56. The molecule has 74 valence electrons. The SMILES string of the molecule is COc1ncc(N=NN)c2c1NNC2. The molecule has 1 aliphatic rings. The second-order valence-corrected chi connectivity index (χ2v) is 2.70. The lowest BCUT2D eigenvalue weighted by Crippen LogP contribution is -2.11. The lowest BCUT2D eigenvalue weighted by atomic mass is 10.2. The van der Waals surface area contributed by atoms with Gasteiger partial charge in [-0.25, -0.2) is 10.4 Å². The van der Waals surface area contributed by atoms with Gasteiger partial charge in [0, 0.05) is 12.1 Å². The Balaban J connectivity index is 2.52. The first-order chi connectivity index (χ1) is 6.86. The van der Waals surface area contributed by atoms with Gasteiger partial charge in [0.2, 0.25) is 5.88 Å². The Morgan fingerprint density at radius 1 is 1.64 bits per heavy atom. The Hall–Kier alpha value is -1.89. The molecule has 0 spiro atoms. The second-order valence-electron chi connectivity index (χ2n) is 2.70. The quantitative estimate of drug-likeness (QED) is 0.361. The van der Waals surface area contributed by atoms with E-state index in [9.17, 15) is 0 Å². The fraction of sp³-hybridized carbons (Fsp3) is 0.286. The maximum Gasteiger partial charge on any atom is 0.238 e. The van der Waals surface area contributed by atoms with Gasteiger partial charge < -0.3 is 16.0 Å². The van der Waals surface area contributed by atoms with Crippen molar-refractivity contribution in [2.75, 3.05) is 12.5 Å². The summed E-state index contributed by atoms with van der Waals surface area (Å²) in [6, 6.07) is 0. The zero-order valence-corrected chi connectivity index (χ0v) is 7.61. The monoisotopic (exact) mass is 194 g/mol. The topological polar surface area (TPSA) is 96.9 Å². The van der Waals surface area contributed by atoms with Gasteiger partial charge in [-0.1, -0.05) is 5.22 Å². The van der Waals surface area contributed by atoms with Crippen molar-refractivity contribution < 1.29 is 4.74 Å². The first-order valence-corrected chi connectivity index (χ1v) is 4.02. The molecule has 0 bridgehead atoms. The fourth-order valence-electron chi connectivity index (χ4n) is 1.35. The van der Waals surface area contributed by atoms with Gasteiger partial charge in [0.1, 0.15) is 11.4 Å². The van der Waals surface area contributed by atoms with Crippen LogP contribution in [0.15, 0.2) is 16.5 Å². The zero-order chi connectivity index (χ0) is 9.97. The molecule has 14 heavy (non-hydrogen) atoms. The van der Waals surface area contributed by atoms with Crippen molar-refractivity contribution in [2.24, 2.45) is 16.2 Å². The molecular formula is C7H10N6O. The van der Waals surface area contributed by atoms with E-state index in [1.165, 1.54) is 0 Å². The molecule has 0 aromatic carbocycles. The van der Waals surface area contributed by atoms with Crippen LogP contribution in [0.1, 0.15) is 5.56 Å². The highest BCUT2D eigenvalue weighted by atomic mass is 16.5. The molecular weight excluding hydrogens is 184 g/mol. The van der Waals surface area contributed by atoms with Crippen LogP contribution in [-0.4, -0.2) is 12.1 Å². The summed E-state index contributed by atoms with van der Waals surface area (Å²) in [4.78, 5) is 4.05. The van der Waals surface area contributed by atoms with Crippen molar-refractivity contribution >= 4 is 11.4 Å². The molecule has 0 amide bonds. The smallest absolute Gasteiger partial charge is 0.238 e. The number of hydrogen-bond donors (Lipinski definition) is 3. The van der Waals surface area contributed by atoms with E-state index in [2.05, 4.69) is 26.2 Å². The highest BCUT2D eigenvalue weighted by Crippen LogP contribution is 2.35. The summed E-state index contributed by atoms with van der Waals surface area (Å²) in [5.41, 5.74) is 8.27. The Bertz CT molecular complexity index is 377. The summed E-state index contributed by atoms with van der Waals surface area (Å²) >= 11 is 0. The van der Waals surface area contributed by atoms with E-state index in [1.807, 2.05) is 0 Å². The maximum atomic E-state index is 5.07. The summed E-state index contributed by atoms with van der Waals surface area (Å²) in [5.74, 6) is 5.51. The van der Waals surface area contributed by atoms with Crippen LogP contribution in [0, 0.1) is 0 Å². The van der Waals surface area contributed by atoms with Crippen molar-refractivity contribution in [1.29, 1.82) is 0 Å². The van der Waals surface area contributed by atoms with E-state index in [0.717, 1.165) is 11.3 Å². The summed E-state index contributed by atoms with van der Waals surface area (Å²) in [6.07, 6.45) is 1.57. The van der Waals surface area contributed by atoms with Gasteiger partial charge in [0.15, 0.2) is 0 Å². The lowest BCUT2D eigenvalue weighted by Gasteiger charge is -2.05. The number of hydrazine groups is 1. The van der Waals surface area contributed by atoms with Gasteiger partial charge in [0.25, 0.3) is 0 Å². The number of pyridine rings is 1. The molecule has 0 radical (unpaired) electrons. The molecule has 1 aliphatic heterocycles. The molecule has 2 heterocycles. The van der Waals surface area contributed by atoms with Crippen LogP contribution in [0.3, 0.4) is 0 Å². The third-order valence-electron chi connectivity index (χ3n) is 1.97. The number of nitrogens with zero attached hydrogens (tertiary/aromatic N) is 3. The molecule has 0 saturated carbocycles. The molecule has 0 fully saturated rings. The van der Waals surface area contributed by atoms with Gasteiger partial charge in [-0.2, -0.15) is 0 Å². The van der Waals surface area contributed by atoms with Crippen LogP contribution in [0.5, 0.6) is 5.88 Å². The Morgan fingerprint density at radius 3 is 3.21 bits per heavy atom. The van der Waals surface area contributed by atoms with Crippen LogP contribution in [0.25, 0.3) is 0 Å². The second kappa shape index (κ2) is 3.46. The van der Waals surface area contributed by atoms with Gasteiger partial charge >= 0.3 is 0 Å². The third kappa shape index (κ3) is 1.23. The minimum absolute atomic E-state index is 0.529. The molecule has 7 nitrogen and oxygen atoms in total. The van der Waals surface area contributed by atoms with Gasteiger partial charge in [-0.15, -0.1) is 5.11 Å². The molecule has 7 heteroatoms. The van der Waals surface area contributed by atoms with E-state index in [-0.39, 0.29) is 0 Å². The van der Waals surface area contributed by atoms with Gasteiger partial charge in [0.05, 0.1) is 13.3 Å². The molecule has 0 atom stereocenters. The van der Waals surface area contributed by atoms with Gasteiger partial charge in [-0.05, 0) is 0 Å². The molecule has 0 unspecified atom stereocenters. The van der Waals surface area contributed by atoms with E-state index in [0.29, 0.717) is 18.1 Å². The largest absolute Gasteiger partial charge is 0.479 e. The predicted molar refractivity (Wildman–Crippen MR) is 50.0 cm³/mol. The first-order valence-electron chi connectivity index (χ1n) is 4.02. The molecule has 0 saturated heterocycles. The van der Waals surface area contributed by atoms with Crippen LogP contribution >= 0.6 is 0 Å². The summed E-state index contributed by atoms with van der Waals surface area (Å²) < 4.78 is 5.07. The zero-order valence-electron chi connectivity index (χ0n) is 7.61. The Kier molecular flexibility index (Phi) is 2.15. The number of anilines is 1. The van der Waals surface area contributed by atoms with E-state index >= 15 is 0 Å². The number of aromatic nitrogens is 1. The number of ether oxygens (including phenoxy) is 1. The van der Waals surface area contributed by atoms with E-state index < -0.39 is 0 Å². The third-order valence-corrected chi connectivity index (χ3v) is 1.97. The van der Waals surface area contributed by atoms with Gasteiger partial charge in [-0.3, -0.25) is 0 Å². The van der Waals surface area contributed by atoms with Crippen LogP contribution in [-0.2, 0) is 6.54 Å². The number of fused-ring (bicyclic) bond motifs is 1. The Labute approximate surface area is 80.3 Å². The lowest BCUT2D eigenvalue weighted by molar-refractivity contribution is 0.400. The minimum Gasteiger partial charge on any atom is -0.479 e. The Morgan fingerprint density at radius 2 is 2.50 bits per heavy atom. The number of hydrogen-bond acceptors (Lipinski definition) is 6. The maximum absolute atomic E-state index is 5.07. The van der Waals surface area contributed by atoms with E-state index in [4.69, 9.17) is 10.6 Å². The summed E-state index contributed by atoms with van der Waals surface area (Å²) in [6.45, 7) is 0.641.